The summed E-state index contributed by atoms with van der Waals surface area (Å²) in [5.74, 6) is 3.30. The van der Waals surface area contributed by atoms with E-state index in [1.54, 1.807) is 0 Å². The average molecular weight is 284 g/mol. The van der Waals surface area contributed by atoms with Crippen molar-refractivity contribution >= 4 is 17.8 Å². The second kappa shape index (κ2) is 5.92. The predicted molar refractivity (Wildman–Crippen MR) is 77.5 cm³/mol. The smallest absolute Gasteiger partial charge is 0.317 e. The molecule has 1 atom stereocenters. The Kier molecular flexibility index (Phi) is 4.22. The third kappa shape index (κ3) is 3.57. The molecular formula is C14H24N2O2S. The van der Waals surface area contributed by atoms with Gasteiger partial charge in [-0.05, 0) is 37.4 Å². The summed E-state index contributed by atoms with van der Waals surface area (Å²) >= 11 is 1.97. The van der Waals surface area contributed by atoms with E-state index >= 15 is 0 Å². The van der Waals surface area contributed by atoms with Gasteiger partial charge in [-0.2, -0.15) is 11.8 Å². The molecule has 1 aliphatic carbocycles. The first-order valence-corrected chi connectivity index (χ1v) is 8.61. The molecule has 0 aromatic rings. The number of urea groups is 1. The number of likely N-dealkylation sites (tertiary alicyclic amines) is 1. The molecule has 3 aliphatic rings. The fourth-order valence-corrected chi connectivity index (χ4v) is 4.04. The fourth-order valence-electron chi connectivity index (χ4n) is 2.96. The maximum Gasteiger partial charge on any atom is 0.317 e. The molecule has 0 aromatic heterocycles. The Hall–Kier alpha value is -0.420. The monoisotopic (exact) mass is 284 g/mol. The number of hydrogen-bond acceptors (Lipinski definition) is 3. The highest BCUT2D eigenvalue weighted by Crippen LogP contribution is 2.38. The molecule has 0 aromatic carbocycles. The van der Waals surface area contributed by atoms with E-state index in [2.05, 4.69) is 5.32 Å². The molecule has 3 fully saturated rings. The topological polar surface area (TPSA) is 41.6 Å². The number of ether oxygens (including phenoxy) is 1. The summed E-state index contributed by atoms with van der Waals surface area (Å²) in [6.45, 7) is 4.29. The molecule has 2 heterocycles. The second-order valence-corrected chi connectivity index (χ2v) is 7.37. The van der Waals surface area contributed by atoms with Crippen LogP contribution in [-0.2, 0) is 4.74 Å². The molecule has 1 N–H and O–H groups in total. The Morgan fingerprint density at radius 1 is 1.42 bits per heavy atom. The first kappa shape index (κ1) is 13.6. The Morgan fingerprint density at radius 3 is 3.05 bits per heavy atom. The van der Waals surface area contributed by atoms with Crippen molar-refractivity contribution < 1.29 is 9.53 Å². The summed E-state index contributed by atoms with van der Waals surface area (Å²) in [7, 11) is 0. The maximum atomic E-state index is 12.1. The molecule has 19 heavy (non-hydrogen) atoms. The number of carbonyl (C=O) groups excluding carboxylic acids is 1. The van der Waals surface area contributed by atoms with Crippen LogP contribution in [-0.4, -0.2) is 55.3 Å². The van der Waals surface area contributed by atoms with Crippen LogP contribution in [0.4, 0.5) is 4.79 Å². The number of thioether (sulfide) groups is 1. The van der Waals surface area contributed by atoms with E-state index in [-0.39, 0.29) is 11.4 Å². The van der Waals surface area contributed by atoms with E-state index in [4.69, 9.17) is 4.74 Å². The SMILES string of the molecule is O=C(NCCSCC1CC1)N1CC[C@]2(CCOC2)C1. The first-order valence-electron chi connectivity index (χ1n) is 7.46. The lowest BCUT2D eigenvalue weighted by Crippen LogP contribution is -2.40. The zero-order chi connectivity index (χ0) is 13.1. The molecule has 108 valence electrons. The molecule has 1 saturated carbocycles. The van der Waals surface area contributed by atoms with Gasteiger partial charge in [-0.25, -0.2) is 4.79 Å². The molecule has 0 unspecified atom stereocenters. The molecule has 2 aliphatic heterocycles. The van der Waals surface area contributed by atoms with Crippen LogP contribution < -0.4 is 5.32 Å². The van der Waals surface area contributed by atoms with Gasteiger partial charge < -0.3 is 15.0 Å². The van der Waals surface area contributed by atoms with Gasteiger partial charge in [-0.1, -0.05) is 0 Å². The molecule has 0 radical (unpaired) electrons. The van der Waals surface area contributed by atoms with Crippen molar-refractivity contribution in [3.05, 3.63) is 0 Å². The van der Waals surface area contributed by atoms with Gasteiger partial charge >= 0.3 is 6.03 Å². The largest absolute Gasteiger partial charge is 0.381 e. The highest BCUT2D eigenvalue weighted by Gasteiger charge is 2.42. The highest BCUT2D eigenvalue weighted by atomic mass is 32.2. The third-order valence-electron chi connectivity index (χ3n) is 4.48. The second-order valence-electron chi connectivity index (χ2n) is 6.22. The van der Waals surface area contributed by atoms with Gasteiger partial charge in [0.15, 0.2) is 0 Å². The van der Waals surface area contributed by atoms with Gasteiger partial charge in [0.1, 0.15) is 0 Å². The van der Waals surface area contributed by atoms with Crippen molar-refractivity contribution in [1.82, 2.24) is 10.2 Å². The van der Waals surface area contributed by atoms with Crippen molar-refractivity contribution in [1.29, 1.82) is 0 Å². The van der Waals surface area contributed by atoms with Crippen molar-refractivity contribution in [3.63, 3.8) is 0 Å². The van der Waals surface area contributed by atoms with Crippen LogP contribution in [0.2, 0.25) is 0 Å². The number of hydrogen-bond donors (Lipinski definition) is 1. The lowest BCUT2D eigenvalue weighted by molar-refractivity contribution is 0.152. The van der Waals surface area contributed by atoms with E-state index < -0.39 is 0 Å². The van der Waals surface area contributed by atoms with E-state index in [0.717, 1.165) is 57.4 Å². The Labute approximate surface area is 119 Å². The van der Waals surface area contributed by atoms with Crippen LogP contribution in [0.25, 0.3) is 0 Å². The third-order valence-corrected chi connectivity index (χ3v) is 5.68. The number of rotatable bonds is 5. The van der Waals surface area contributed by atoms with Gasteiger partial charge in [0.05, 0.1) is 6.61 Å². The van der Waals surface area contributed by atoms with Crippen LogP contribution in [0, 0.1) is 11.3 Å². The van der Waals surface area contributed by atoms with E-state index in [0.29, 0.717) is 0 Å². The Balaban J connectivity index is 1.31. The van der Waals surface area contributed by atoms with Crippen molar-refractivity contribution in [3.8, 4) is 0 Å². The normalized spacial score (nSPS) is 30.2. The van der Waals surface area contributed by atoms with Gasteiger partial charge in [-0.15, -0.1) is 0 Å². The van der Waals surface area contributed by atoms with E-state index in [1.165, 1.54) is 18.6 Å². The molecule has 5 heteroatoms. The summed E-state index contributed by atoms with van der Waals surface area (Å²) in [4.78, 5) is 14.0. The molecular weight excluding hydrogens is 260 g/mol. The zero-order valence-corrected chi connectivity index (χ0v) is 12.3. The molecule has 2 saturated heterocycles. The van der Waals surface area contributed by atoms with Gasteiger partial charge in [0.2, 0.25) is 0 Å². The van der Waals surface area contributed by atoms with Crippen molar-refractivity contribution in [2.75, 3.05) is 44.4 Å². The molecule has 0 bridgehead atoms. The van der Waals surface area contributed by atoms with Crippen molar-refractivity contribution in [2.45, 2.75) is 25.7 Å². The minimum Gasteiger partial charge on any atom is -0.381 e. The van der Waals surface area contributed by atoms with Gasteiger partial charge in [0, 0.05) is 37.4 Å². The summed E-state index contributed by atoms with van der Waals surface area (Å²) in [6, 6.07) is 0.121. The van der Waals surface area contributed by atoms with Crippen LogP contribution in [0.15, 0.2) is 0 Å². The minimum absolute atomic E-state index is 0.121. The van der Waals surface area contributed by atoms with Crippen LogP contribution in [0.3, 0.4) is 0 Å². The molecule has 3 rings (SSSR count). The predicted octanol–water partition coefficient (Wildman–Crippen LogP) is 1.95. The highest BCUT2D eigenvalue weighted by molar-refractivity contribution is 7.99. The lowest BCUT2D eigenvalue weighted by Gasteiger charge is -2.22. The maximum absolute atomic E-state index is 12.1. The molecule has 1 spiro atoms. The Bertz CT molecular complexity index is 327. The van der Waals surface area contributed by atoms with Gasteiger partial charge in [-0.3, -0.25) is 0 Å². The summed E-state index contributed by atoms with van der Waals surface area (Å²) in [5.41, 5.74) is 0.276. The van der Waals surface area contributed by atoms with Crippen molar-refractivity contribution in [2.24, 2.45) is 11.3 Å². The van der Waals surface area contributed by atoms with Crippen LogP contribution in [0.1, 0.15) is 25.7 Å². The number of carbonyl (C=O) groups is 1. The average Bonchev–Trinajstić information content (AvgIpc) is 2.98. The summed E-state index contributed by atoms with van der Waals surface area (Å²) in [6.07, 6.45) is 5.06. The van der Waals surface area contributed by atoms with Crippen LogP contribution >= 0.6 is 11.8 Å². The molecule has 2 amide bonds. The fraction of sp³-hybridized carbons (Fsp3) is 0.929. The summed E-state index contributed by atoms with van der Waals surface area (Å²) < 4.78 is 5.49. The Morgan fingerprint density at radius 2 is 2.32 bits per heavy atom. The lowest BCUT2D eigenvalue weighted by atomic mass is 9.87. The summed E-state index contributed by atoms with van der Waals surface area (Å²) in [5, 5.41) is 3.05. The molecule has 4 nitrogen and oxygen atoms in total. The van der Waals surface area contributed by atoms with Gasteiger partial charge in [0.25, 0.3) is 0 Å². The first-order chi connectivity index (χ1) is 9.27. The number of nitrogens with zero attached hydrogens (tertiary/aromatic N) is 1. The zero-order valence-electron chi connectivity index (χ0n) is 11.5. The number of nitrogens with one attached hydrogen (secondary N) is 1. The van der Waals surface area contributed by atoms with E-state index in [9.17, 15) is 4.79 Å². The quantitative estimate of drug-likeness (QED) is 0.785. The minimum atomic E-state index is 0.121. The van der Waals surface area contributed by atoms with Crippen LogP contribution in [0.5, 0.6) is 0 Å². The number of amides is 2. The standard InChI is InChI=1S/C14H24N2O2S/c17-13(15-5-8-19-9-12-1-2-12)16-6-3-14(10-16)4-7-18-11-14/h12H,1-11H2,(H,15,17)/t14-/m0/s1. The van der Waals surface area contributed by atoms with E-state index in [1.807, 2.05) is 16.7 Å².